The van der Waals surface area contributed by atoms with Gasteiger partial charge in [0.15, 0.2) is 0 Å². The molecule has 2 aliphatic carbocycles. The Hall–Kier alpha value is -2.30. The molecule has 0 bridgehead atoms. The fraction of sp³-hybridized carbons (Fsp3) is 0.704. The highest BCUT2D eigenvalue weighted by atomic mass is 19.4. The zero-order chi connectivity index (χ0) is 28.7. The summed E-state index contributed by atoms with van der Waals surface area (Å²) in [5.74, 6) is -2.20. The molecule has 2 fully saturated rings. The van der Waals surface area contributed by atoms with Crippen LogP contribution in [0.3, 0.4) is 0 Å². The van der Waals surface area contributed by atoms with Gasteiger partial charge in [0.2, 0.25) is 0 Å². The Balaban J connectivity index is 0.000000638. The van der Waals surface area contributed by atoms with Gasteiger partial charge in [-0.1, -0.05) is 38.8 Å². The highest BCUT2D eigenvalue weighted by molar-refractivity contribution is 5.73. The minimum absolute atomic E-state index is 0.0699. The van der Waals surface area contributed by atoms with Gasteiger partial charge in [-0.15, -0.1) is 0 Å². The molecule has 0 heterocycles. The van der Waals surface area contributed by atoms with E-state index in [0.29, 0.717) is 11.8 Å². The lowest BCUT2D eigenvalue weighted by molar-refractivity contribution is -0.192. The Bertz CT molecular complexity index is 894. The first-order chi connectivity index (χ1) is 17.6. The Morgan fingerprint density at radius 3 is 1.92 bits per heavy atom. The standard InChI is InChI=1S/C25H36F3NO2.C2HF3O2/c1-17(2)15-29(16-18-5-3-4-6-18)23-12-7-19(14-24(30)31)13-22(23)20-8-10-21(11-9-20)25(26,27)28;3-2(4,5)1(6)7/h8-11,17-19,22-23H,3-7,12-16H2,1-2H3,(H,30,31);(H,6,7)/t19-,22+,23-;/m1./s1. The van der Waals surface area contributed by atoms with E-state index in [-0.39, 0.29) is 24.3 Å². The first kappa shape index (κ1) is 31.9. The van der Waals surface area contributed by atoms with Gasteiger partial charge >= 0.3 is 24.3 Å². The lowest BCUT2D eigenvalue weighted by Gasteiger charge is -2.44. The number of alkyl halides is 6. The number of carboxylic acid groups (broad SMARTS) is 2. The van der Waals surface area contributed by atoms with E-state index in [9.17, 15) is 36.2 Å². The molecule has 11 heteroatoms. The van der Waals surface area contributed by atoms with E-state index in [1.807, 2.05) is 0 Å². The molecule has 0 unspecified atom stereocenters. The average molecular weight is 554 g/mol. The van der Waals surface area contributed by atoms with Crippen LogP contribution in [0.4, 0.5) is 26.3 Å². The third kappa shape index (κ3) is 10.1. The smallest absolute Gasteiger partial charge is 0.481 e. The van der Waals surface area contributed by atoms with Crippen LogP contribution in [-0.2, 0) is 15.8 Å². The third-order valence-electron chi connectivity index (χ3n) is 7.33. The van der Waals surface area contributed by atoms with E-state index in [4.69, 9.17) is 9.90 Å². The monoisotopic (exact) mass is 553 g/mol. The van der Waals surface area contributed by atoms with Gasteiger partial charge in [-0.2, -0.15) is 26.3 Å². The van der Waals surface area contributed by atoms with Crippen LogP contribution in [0, 0.1) is 17.8 Å². The summed E-state index contributed by atoms with van der Waals surface area (Å²) in [6.07, 6.45) is -1.71. The van der Waals surface area contributed by atoms with Gasteiger partial charge in [-0.3, -0.25) is 9.69 Å². The summed E-state index contributed by atoms with van der Waals surface area (Å²) in [5, 5.41) is 16.4. The van der Waals surface area contributed by atoms with Crippen LogP contribution in [0.1, 0.15) is 82.3 Å². The van der Waals surface area contributed by atoms with E-state index in [2.05, 4.69) is 18.7 Å². The van der Waals surface area contributed by atoms with E-state index < -0.39 is 29.9 Å². The predicted octanol–water partition coefficient (Wildman–Crippen LogP) is 7.21. The normalized spacial score (nSPS) is 22.8. The summed E-state index contributed by atoms with van der Waals surface area (Å²) in [7, 11) is 0. The molecule has 1 aromatic carbocycles. The van der Waals surface area contributed by atoms with Crippen molar-refractivity contribution in [2.45, 2.75) is 89.5 Å². The zero-order valence-corrected chi connectivity index (χ0v) is 21.7. The van der Waals surface area contributed by atoms with E-state index in [1.165, 1.54) is 37.8 Å². The number of rotatable bonds is 8. The van der Waals surface area contributed by atoms with Crippen LogP contribution in [0.25, 0.3) is 0 Å². The van der Waals surface area contributed by atoms with Gasteiger partial charge in [0.05, 0.1) is 5.56 Å². The molecule has 2 N–H and O–H groups in total. The molecule has 0 aliphatic heterocycles. The summed E-state index contributed by atoms with van der Waals surface area (Å²) in [5.41, 5.74) is 0.281. The Morgan fingerprint density at radius 1 is 0.921 bits per heavy atom. The van der Waals surface area contributed by atoms with Crippen molar-refractivity contribution in [2.24, 2.45) is 17.8 Å². The van der Waals surface area contributed by atoms with E-state index in [1.54, 1.807) is 12.1 Å². The molecule has 0 saturated heterocycles. The second-order valence-electron chi connectivity index (χ2n) is 10.9. The molecule has 5 nitrogen and oxygen atoms in total. The van der Waals surface area contributed by atoms with Crippen LogP contribution >= 0.6 is 0 Å². The first-order valence-electron chi connectivity index (χ1n) is 13.0. The van der Waals surface area contributed by atoms with Gasteiger partial charge in [0.1, 0.15) is 0 Å². The molecule has 38 heavy (non-hydrogen) atoms. The Morgan fingerprint density at radius 2 is 1.47 bits per heavy atom. The van der Waals surface area contributed by atoms with Crippen molar-refractivity contribution in [3.63, 3.8) is 0 Å². The zero-order valence-electron chi connectivity index (χ0n) is 21.7. The number of hydrogen-bond acceptors (Lipinski definition) is 3. The quantitative estimate of drug-likeness (QED) is 0.333. The van der Waals surface area contributed by atoms with Gasteiger partial charge < -0.3 is 10.2 Å². The van der Waals surface area contributed by atoms with Crippen molar-refractivity contribution in [3.8, 4) is 0 Å². The van der Waals surface area contributed by atoms with Crippen molar-refractivity contribution < 1.29 is 46.1 Å². The minimum Gasteiger partial charge on any atom is -0.481 e. The molecule has 2 saturated carbocycles. The topological polar surface area (TPSA) is 77.8 Å². The van der Waals surface area contributed by atoms with Gasteiger partial charge in [-0.05, 0) is 73.5 Å². The first-order valence-corrected chi connectivity index (χ1v) is 13.0. The summed E-state index contributed by atoms with van der Waals surface area (Å²) in [6, 6.07) is 5.85. The molecule has 216 valence electrons. The number of nitrogens with zero attached hydrogens (tertiary/aromatic N) is 1. The summed E-state index contributed by atoms with van der Waals surface area (Å²) in [6.45, 7) is 6.45. The Labute approximate surface area is 219 Å². The van der Waals surface area contributed by atoms with E-state index in [0.717, 1.165) is 37.9 Å². The van der Waals surface area contributed by atoms with Crippen molar-refractivity contribution in [3.05, 3.63) is 35.4 Å². The van der Waals surface area contributed by atoms with Crippen LogP contribution in [0.5, 0.6) is 0 Å². The summed E-state index contributed by atoms with van der Waals surface area (Å²) < 4.78 is 70.9. The van der Waals surface area contributed by atoms with Crippen molar-refractivity contribution >= 4 is 11.9 Å². The predicted molar refractivity (Wildman–Crippen MR) is 130 cm³/mol. The molecule has 3 atom stereocenters. The molecule has 3 rings (SSSR count). The largest absolute Gasteiger partial charge is 0.490 e. The number of hydrogen-bond donors (Lipinski definition) is 2. The molecule has 2 aliphatic rings. The fourth-order valence-corrected chi connectivity index (χ4v) is 5.73. The summed E-state index contributed by atoms with van der Waals surface area (Å²) >= 11 is 0. The maximum atomic E-state index is 13.1. The second kappa shape index (κ2) is 13.7. The molecule has 0 spiro atoms. The molecular weight excluding hydrogens is 516 g/mol. The molecular formula is C27H37F6NO4. The number of halogens is 6. The summed E-state index contributed by atoms with van der Waals surface area (Å²) in [4.78, 5) is 22.8. The van der Waals surface area contributed by atoms with Crippen LogP contribution in [0.15, 0.2) is 24.3 Å². The van der Waals surface area contributed by atoms with Crippen molar-refractivity contribution in [1.82, 2.24) is 4.90 Å². The minimum atomic E-state index is -5.08. The SMILES string of the molecule is CC(C)CN(CC1CCCC1)[C@@H]1CC[C@@H](CC(=O)O)C[C@H]1c1ccc(C(F)(F)F)cc1.O=C(O)C(F)(F)F. The maximum absolute atomic E-state index is 13.1. The lowest BCUT2D eigenvalue weighted by atomic mass is 9.72. The van der Waals surface area contributed by atoms with Gasteiger partial charge in [-0.25, -0.2) is 4.79 Å². The number of carbonyl (C=O) groups is 2. The number of benzene rings is 1. The number of aliphatic carboxylic acids is 2. The molecule has 0 amide bonds. The van der Waals surface area contributed by atoms with Crippen LogP contribution in [-0.4, -0.2) is 52.4 Å². The Kier molecular flexibility index (Phi) is 11.5. The lowest BCUT2D eigenvalue weighted by Crippen LogP contribution is -2.46. The molecule has 1 aromatic rings. The number of carboxylic acids is 2. The molecule has 0 radical (unpaired) electrons. The third-order valence-corrected chi connectivity index (χ3v) is 7.33. The second-order valence-corrected chi connectivity index (χ2v) is 10.9. The molecule has 0 aromatic heterocycles. The fourth-order valence-electron chi connectivity index (χ4n) is 5.73. The van der Waals surface area contributed by atoms with Crippen LogP contribution in [0.2, 0.25) is 0 Å². The van der Waals surface area contributed by atoms with Crippen molar-refractivity contribution in [1.29, 1.82) is 0 Å². The van der Waals surface area contributed by atoms with Gasteiger partial charge in [0.25, 0.3) is 0 Å². The average Bonchev–Trinajstić information content (AvgIpc) is 3.30. The van der Waals surface area contributed by atoms with Crippen molar-refractivity contribution in [2.75, 3.05) is 13.1 Å². The highest BCUT2D eigenvalue weighted by Crippen LogP contribution is 2.42. The maximum Gasteiger partial charge on any atom is 0.490 e. The van der Waals surface area contributed by atoms with Crippen LogP contribution < -0.4 is 0 Å². The van der Waals surface area contributed by atoms with E-state index >= 15 is 0 Å². The van der Waals surface area contributed by atoms with Gasteiger partial charge in [0, 0.05) is 25.6 Å². The highest BCUT2D eigenvalue weighted by Gasteiger charge is 2.39.